The number of fused-ring (bicyclic) bond motifs is 1. The number of amides is 1. The van der Waals surface area contributed by atoms with Crippen molar-refractivity contribution in [3.05, 3.63) is 17.0 Å². The molecule has 1 N–H and O–H groups in total. The van der Waals surface area contributed by atoms with E-state index in [-0.39, 0.29) is 11.4 Å². The topological polar surface area (TPSA) is 62.6 Å². The molecular formula is C25H41N5O2. The minimum Gasteiger partial charge on any atom is -0.379 e. The normalized spacial score (nSPS) is 26.7. The van der Waals surface area contributed by atoms with Gasteiger partial charge in [0.15, 0.2) is 5.69 Å². The van der Waals surface area contributed by atoms with Gasteiger partial charge in [0, 0.05) is 62.6 Å². The molecule has 1 saturated carbocycles. The standard InChI is InChI=1S/C25H41N5O2/c1-28-22-9-8-20(18-21(22)23(27-28)24(31)29-12-6-7-13-29)26-19-25(10-4-2-3-5-11-25)30-14-16-32-17-15-30/h20,26H,2-19H2,1H3/t20-/m1/s1. The SMILES string of the molecule is Cn1nc(C(=O)N2CCCC2)c2c1CC[C@@H](NCC1(N3CCOCC3)CCCCCC1)C2. The van der Waals surface area contributed by atoms with Crippen molar-refractivity contribution in [1.29, 1.82) is 0 Å². The maximum absolute atomic E-state index is 13.2. The fourth-order valence-corrected chi connectivity index (χ4v) is 6.57. The van der Waals surface area contributed by atoms with E-state index in [1.165, 1.54) is 49.8 Å². The molecule has 178 valence electrons. The second-order valence-electron chi connectivity index (χ2n) is 10.5. The summed E-state index contributed by atoms with van der Waals surface area (Å²) in [6, 6.07) is 0.429. The fraction of sp³-hybridized carbons (Fsp3) is 0.840. The number of hydrogen-bond acceptors (Lipinski definition) is 5. The number of carbonyl (C=O) groups excluding carboxylic acids is 1. The van der Waals surface area contributed by atoms with Gasteiger partial charge in [0.05, 0.1) is 13.2 Å². The van der Waals surface area contributed by atoms with Gasteiger partial charge in [-0.3, -0.25) is 14.4 Å². The van der Waals surface area contributed by atoms with Gasteiger partial charge in [-0.2, -0.15) is 5.10 Å². The van der Waals surface area contributed by atoms with E-state index in [1.54, 1.807) is 0 Å². The summed E-state index contributed by atoms with van der Waals surface area (Å²) >= 11 is 0. The first-order valence-electron chi connectivity index (χ1n) is 13.1. The van der Waals surface area contributed by atoms with E-state index < -0.39 is 0 Å². The average molecular weight is 444 g/mol. The maximum Gasteiger partial charge on any atom is 0.274 e. The molecule has 1 amide bonds. The van der Waals surface area contributed by atoms with Crippen LogP contribution in [0.1, 0.15) is 79.5 Å². The Morgan fingerprint density at radius 1 is 1.06 bits per heavy atom. The highest BCUT2D eigenvalue weighted by molar-refractivity contribution is 5.94. The van der Waals surface area contributed by atoms with Gasteiger partial charge >= 0.3 is 0 Å². The zero-order chi connectivity index (χ0) is 22.0. The highest BCUT2D eigenvalue weighted by Gasteiger charge is 2.39. The van der Waals surface area contributed by atoms with Crippen molar-refractivity contribution >= 4 is 5.91 Å². The lowest BCUT2D eigenvalue weighted by atomic mass is 9.85. The molecule has 0 bridgehead atoms. The van der Waals surface area contributed by atoms with Gasteiger partial charge in [-0.15, -0.1) is 0 Å². The molecular weight excluding hydrogens is 402 g/mol. The van der Waals surface area contributed by atoms with Crippen molar-refractivity contribution < 1.29 is 9.53 Å². The van der Waals surface area contributed by atoms with E-state index in [9.17, 15) is 4.79 Å². The third kappa shape index (κ3) is 4.48. The summed E-state index contributed by atoms with van der Waals surface area (Å²) in [6.07, 6.45) is 13.3. The van der Waals surface area contributed by atoms with E-state index >= 15 is 0 Å². The molecule has 0 radical (unpaired) electrons. The van der Waals surface area contributed by atoms with Crippen LogP contribution in [0.3, 0.4) is 0 Å². The zero-order valence-electron chi connectivity index (χ0n) is 19.9. The highest BCUT2D eigenvalue weighted by Crippen LogP contribution is 2.34. The minimum absolute atomic E-state index is 0.147. The van der Waals surface area contributed by atoms with Gasteiger partial charge in [-0.25, -0.2) is 0 Å². The number of carbonyl (C=O) groups is 1. The molecule has 5 rings (SSSR count). The van der Waals surface area contributed by atoms with E-state index in [0.717, 1.165) is 78.0 Å². The lowest BCUT2D eigenvalue weighted by Crippen LogP contribution is -2.59. The number of aryl methyl sites for hydroxylation is 1. The molecule has 0 spiro atoms. The van der Waals surface area contributed by atoms with Crippen molar-refractivity contribution in [2.45, 2.75) is 82.2 Å². The molecule has 32 heavy (non-hydrogen) atoms. The molecule has 1 aromatic rings. The summed E-state index contributed by atoms with van der Waals surface area (Å²) in [7, 11) is 2.01. The Labute approximate surface area is 192 Å². The molecule has 7 heteroatoms. The summed E-state index contributed by atoms with van der Waals surface area (Å²) in [5.74, 6) is 0.147. The third-order valence-corrected chi connectivity index (χ3v) is 8.49. The number of rotatable bonds is 5. The lowest BCUT2D eigenvalue weighted by Gasteiger charge is -2.46. The number of nitrogens with zero attached hydrogens (tertiary/aromatic N) is 4. The Morgan fingerprint density at radius 2 is 1.78 bits per heavy atom. The van der Waals surface area contributed by atoms with Crippen molar-refractivity contribution in [1.82, 2.24) is 24.9 Å². The summed E-state index contributed by atoms with van der Waals surface area (Å²) in [6.45, 7) is 6.68. The van der Waals surface area contributed by atoms with Crippen LogP contribution in [-0.4, -0.2) is 83.0 Å². The molecule has 0 aromatic carbocycles. The molecule has 0 unspecified atom stereocenters. The number of nitrogens with one attached hydrogen (secondary N) is 1. The summed E-state index contributed by atoms with van der Waals surface area (Å²) in [5, 5.41) is 8.69. The molecule has 3 fully saturated rings. The van der Waals surface area contributed by atoms with Gasteiger partial charge in [0.1, 0.15) is 0 Å². The predicted octanol–water partition coefficient (Wildman–Crippen LogP) is 2.53. The van der Waals surface area contributed by atoms with E-state index in [4.69, 9.17) is 9.84 Å². The highest BCUT2D eigenvalue weighted by atomic mass is 16.5. The van der Waals surface area contributed by atoms with Crippen LogP contribution in [0, 0.1) is 0 Å². The maximum atomic E-state index is 13.2. The van der Waals surface area contributed by atoms with E-state index in [1.807, 2.05) is 16.6 Å². The Hall–Kier alpha value is -1.44. The van der Waals surface area contributed by atoms with Crippen LogP contribution in [0.25, 0.3) is 0 Å². The monoisotopic (exact) mass is 443 g/mol. The Morgan fingerprint density at radius 3 is 2.50 bits per heavy atom. The molecule has 2 aliphatic carbocycles. The molecule has 7 nitrogen and oxygen atoms in total. The largest absolute Gasteiger partial charge is 0.379 e. The smallest absolute Gasteiger partial charge is 0.274 e. The van der Waals surface area contributed by atoms with Crippen LogP contribution in [0.4, 0.5) is 0 Å². The van der Waals surface area contributed by atoms with E-state index in [2.05, 4.69) is 10.2 Å². The summed E-state index contributed by atoms with van der Waals surface area (Å²) in [4.78, 5) is 17.9. The first kappa shape index (κ1) is 22.4. The predicted molar refractivity (Wildman–Crippen MR) is 125 cm³/mol. The van der Waals surface area contributed by atoms with Gasteiger partial charge in [0.2, 0.25) is 0 Å². The van der Waals surface area contributed by atoms with Crippen molar-refractivity contribution in [2.75, 3.05) is 45.9 Å². The Kier molecular flexibility index (Phi) is 6.86. The van der Waals surface area contributed by atoms with Crippen LogP contribution in [0.5, 0.6) is 0 Å². The van der Waals surface area contributed by atoms with E-state index in [0.29, 0.717) is 11.7 Å². The number of ether oxygens (including phenoxy) is 1. The Bertz CT molecular complexity index is 786. The van der Waals surface area contributed by atoms with Gasteiger partial charge in [-0.05, 0) is 44.9 Å². The number of likely N-dealkylation sites (tertiary alicyclic amines) is 1. The van der Waals surface area contributed by atoms with Crippen LogP contribution in [-0.2, 0) is 24.6 Å². The molecule has 1 aromatic heterocycles. The summed E-state index contributed by atoms with van der Waals surface area (Å²) in [5.41, 5.74) is 3.45. The van der Waals surface area contributed by atoms with Crippen LogP contribution in [0.15, 0.2) is 0 Å². The number of morpholine rings is 1. The second-order valence-corrected chi connectivity index (χ2v) is 10.5. The van der Waals surface area contributed by atoms with Crippen LogP contribution in [0.2, 0.25) is 0 Å². The average Bonchev–Trinajstić information content (AvgIpc) is 3.40. The fourth-order valence-electron chi connectivity index (χ4n) is 6.57. The van der Waals surface area contributed by atoms with Crippen molar-refractivity contribution in [2.24, 2.45) is 7.05 Å². The first-order chi connectivity index (χ1) is 15.7. The van der Waals surface area contributed by atoms with Crippen LogP contribution >= 0.6 is 0 Å². The molecule has 2 saturated heterocycles. The molecule has 3 heterocycles. The minimum atomic E-state index is 0.147. The van der Waals surface area contributed by atoms with Crippen molar-refractivity contribution in [3.8, 4) is 0 Å². The zero-order valence-corrected chi connectivity index (χ0v) is 19.9. The first-order valence-corrected chi connectivity index (χ1v) is 13.1. The quantitative estimate of drug-likeness (QED) is 0.709. The second kappa shape index (κ2) is 9.82. The molecule has 1 atom stereocenters. The molecule has 4 aliphatic rings. The number of aromatic nitrogens is 2. The Balaban J connectivity index is 1.29. The van der Waals surface area contributed by atoms with Gasteiger partial charge < -0.3 is 15.0 Å². The number of hydrogen-bond donors (Lipinski definition) is 1. The van der Waals surface area contributed by atoms with Crippen LogP contribution < -0.4 is 5.32 Å². The third-order valence-electron chi connectivity index (χ3n) is 8.49. The molecule has 2 aliphatic heterocycles. The lowest BCUT2D eigenvalue weighted by molar-refractivity contribution is -0.0297. The van der Waals surface area contributed by atoms with Gasteiger partial charge in [0.25, 0.3) is 5.91 Å². The van der Waals surface area contributed by atoms with Gasteiger partial charge in [-0.1, -0.05) is 25.7 Å². The summed E-state index contributed by atoms with van der Waals surface area (Å²) < 4.78 is 7.64. The van der Waals surface area contributed by atoms with Crippen molar-refractivity contribution in [3.63, 3.8) is 0 Å².